The van der Waals surface area contributed by atoms with Crippen LogP contribution in [0.25, 0.3) is 0 Å². The van der Waals surface area contributed by atoms with Gasteiger partial charge in [-0.15, -0.1) is 0 Å². The predicted octanol–water partition coefficient (Wildman–Crippen LogP) is 4.57. The molecule has 4 heterocycles. The van der Waals surface area contributed by atoms with Gasteiger partial charge in [-0.05, 0) is 24.6 Å². The number of para-hydroxylation sites is 1. The summed E-state index contributed by atoms with van der Waals surface area (Å²) in [7, 11) is 0. The molecule has 0 aliphatic carbocycles. The molecule has 6 heteroatoms. The van der Waals surface area contributed by atoms with Gasteiger partial charge in [-0.2, -0.15) is 11.8 Å². The molecule has 0 N–H and O–H groups in total. The molecule has 6 rings (SSSR count). The van der Waals surface area contributed by atoms with Crippen LogP contribution in [0.4, 0.5) is 0 Å². The third kappa shape index (κ3) is 5.40. The molecule has 4 fully saturated rings. The standard InChI is InChI=1S/C29H39N2O3S/c1-29(25-9-4-2-5-10-25,30-15-21-35-22-16-30)28(32)34-27-23-31(18-13-24(27)14-19-31)17-8-20-33-26-11-6-3-7-12-26/h2-7,9-12,24,27H,8,13-23H2,1H3/q+1/t24?,27-,29?,31?/m0/s1. The second kappa shape index (κ2) is 10.9. The topological polar surface area (TPSA) is 38.8 Å². The summed E-state index contributed by atoms with van der Waals surface area (Å²) >= 11 is 1.97. The molecule has 4 aliphatic heterocycles. The zero-order chi connectivity index (χ0) is 24.1. The van der Waals surface area contributed by atoms with Crippen LogP contribution in [0.1, 0.15) is 31.7 Å². The molecule has 2 atom stereocenters. The van der Waals surface area contributed by atoms with Crippen LogP contribution < -0.4 is 4.74 Å². The normalized spacial score (nSPS) is 28.3. The minimum absolute atomic E-state index is 0.0160. The zero-order valence-corrected chi connectivity index (χ0v) is 21.8. The Morgan fingerprint density at radius 1 is 1.03 bits per heavy atom. The highest BCUT2D eigenvalue weighted by Gasteiger charge is 2.50. The molecule has 0 saturated carbocycles. The van der Waals surface area contributed by atoms with Gasteiger partial charge in [-0.3, -0.25) is 4.90 Å². The summed E-state index contributed by atoms with van der Waals surface area (Å²) in [6, 6.07) is 20.3. The van der Waals surface area contributed by atoms with Gasteiger partial charge < -0.3 is 14.0 Å². The monoisotopic (exact) mass is 495 g/mol. The van der Waals surface area contributed by atoms with Crippen LogP contribution in [0, 0.1) is 5.92 Å². The average Bonchev–Trinajstić information content (AvgIpc) is 2.93. The molecule has 4 saturated heterocycles. The van der Waals surface area contributed by atoms with Crippen LogP contribution in [0.2, 0.25) is 0 Å². The fraction of sp³-hybridized carbons (Fsp3) is 0.552. The number of hydrogen-bond donors (Lipinski definition) is 0. The number of esters is 1. The maximum atomic E-state index is 13.9. The van der Waals surface area contributed by atoms with E-state index in [1.807, 2.05) is 60.3 Å². The minimum Gasteiger partial charge on any atom is -0.493 e. The molecule has 2 aromatic rings. The number of thioether (sulfide) groups is 1. The molecule has 0 spiro atoms. The molecule has 4 aliphatic rings. The second-order valence-corrected chi connectivity index (χ2v) is 11.8. The second-order valence-electron chi connectivity index (χ2n) is 10.5. The van der Waals surface area contributed by atoms with Crippen molar-refractivity contribution in [2.24, 2.45) is 5.92 Å². The van der Waals surface area contributed by atoms with Crippen molar-refractivity contribution in [2.75, 3.05) is 57.4 Å². The summed E-state index contributed by atoms with van der Waals surface area (Å²) in [4.78, 5) is 16.3. The van der Waals surface area contributed by atoms with Crippen molar-refractivity contribution in [2.45, 2.75) is 37.8 Å². The van der Waals surface area contributed by atoms with Gasteiger partial charge in [0, 0.05) is 49.8 Å². The Morgan fingerprint density at radius 2 is 1.69 bits per heavy atom. The number of rotatable bonds is 9. The Balaban J connectivity index is 1.24. The Hall–Kier alpha value is -2.02. The Bertz CT molecular complexity index is 958. The van der Waals surface area contributed by atoms with E-state index in [1.54, 1.807) is 0 Å². The fourth-order valence-electron chi connectivity index (χ4n) is 6.23. The summed E-state index contributed by atoms with van der Waals surface area (Å²) in [5.74, 6) is 3.49. The number of carbonyl (C=O) groups is 1. The van der Waals surface area contributed by atoms with Gasteiger partial charge >= 0.3 is 5.97 Å². The smallest absolute Gasteiger partial charge is 0.331 e. The molecule has 5 nitrogen and oxygen atoms in total. The van der Waals surface area contributed by atoms with E-state index in [4.69, 9.17) is 9.47 Å². The van der Waals surface area contributed by atoms with Gasteiger partial charge in [0.25, 0.3) is 0 Å². The number of fused-ring (bicyclic) bond motifs is 3. The lowest BCUT2D eigenvalue weighted by atomic mass is 9.82. The van der Waals surface area contributed by atoms with Crippen molar-refractivity contribution in [3.63, 3.8) is 0 Å². The van der Waals surface area contributed by atoms with Crippen molar-refractivity contribution >= 4 is 17.7 Å². The molecule has 2 bridgehead atoms. The van der Waals surface area contributed by atoms with Crippen LogP contribution >= 0.6 is 11.8 Å². The van der Waals surface area contributed by atoms with Crippen LogP contribution in [-0.4, -0.2) is 78.8 Å². The van der Waals surface area contributed by atoms with Gasteiger partial charge in [0.1, 0.15) is 17.8 Å². The summed E-state index contributed by atoms with van der Waals surface area (Å²) < 4.78 is 13.5. The van der Waals surface area contributed by atoms with Crippen LogP contribution in [0.5, 0.6) is 5.75 Å². The molecular weight excluding hydrogens is 456 g/mol. The lowest BCUT2D eigenvalue weighted by Crippen LogP contribution is -2.65. The first-order chi connectivity index (χ1) is 17.1. The van der Waals surface area contributed by atoms with E-state index >= 15 is 0 Å². The lowest BCUT2D eigenvalue weighted by Gasteiger charge is -2.52. The van der Waals surface area contributed by atoms with E-state index in [2.05, 4.69) is 24.0 Å². The van der Waals surface area contributed by atoms with Gasteiger partial charge in [0.2, 0.25) is 0 Å². The Labute approximate surface area is 214 Å². The minimum atomic E-state index is -0.734. The van der Waals surface area contributed by atoms with Gasteiger partial charge in [0.15, 0.2) is 6.10 Å². The van der Waals surface area contributed by atoms with E-state index in [1.165, 1.54) is 13.1 Å². The third-order valence-electron chi connectivity index (χ3n) is 8.47. The van der Waals surface area contributed by atoms with E-state index in [0.29, 0.717) is 5.92 Å². The van der Waals surface area contributed by atoms with Crippen molar-refractivity contribution in [1.29, 1.82) is 0 Å². The number of benzene rings is 2. The first kappa shape index (κ1) is 24.7. The lowest BCUT2D eigenvalue weighted by molar-refractivity contribution is -0.946. The maximum Gasteiger partial charge on any atom is 0.331 e. The average molecular weight is 496 g/mol. The number of ether oxygens (including phenoxy) is 2. The summed E-state index contributed by atoms with van der Waals surface area (Å²) in [6.45, 7) is 9.08. The highest BCUT2D eigenvalue weighted by atomic mass is 32.2. The van der Waals surface area contributed by atoms with Crippen molar-refractivity contribution < 1.29 is 18.8 Å². The van der Waals surface area contributed by atoms with E-state index < -0.39 is 5.54 Å². The Morgan fingerprint density at radius 3 is 2.37 bits per heavy atom. The van der Waals surface area contributed by atoms with Crippen LogP contribution in [-0.2, 0) is 15.1 Å². The number of piperidine rings is 3. The molecule has 0 aromatic heterocycles. The van der Waals surface area contributed by atoms with Gasteiger partial charge in [-0.25, -0.2) is 4.79 Å². The first-order valence-electron chi connectivity index (χ1n) is 13.2. The van der Waals surface area contributed by atoms with E-state index in [0.717, 1.165) is 79.4 Å². The van der Waals surface area contributed by atoms with Crippen molar-refractivity contribution in [3.8, 4) is 5.75 Å². The largest absolute Gasteiger partial charge is 0.493 e. The van der Waals surface area contributed by atoms with Gasteiger partial charge in [0.05, 0.1) is 26.2 Å². The third-order valence-corrected chi connectivity index (χ3v) is 9.41. The first-order valence-corrected chi connectivity index (χ1v) is 14.4. The number of nitrogens with zero attached hydrogens (tertiary/aromatic N) is 2. The summed E-state index contributed by atoms with van der Waals surface area (Å²) in [6.07, 6.45) is 3.34. The highest BCUT2D eigenvalue weighted by Crippen LogP contribution is 2.38. The number of carbonyl (C=O) groups excluding carboxylic acids is 1. The summed E-state index contributed by atoms with van der Waals surface area (Å²) in [5.41, 5.74) is 0.308. The summed E-state index contributed by atoms with van der Waals surface area (Å²) in [5, 5.41) is 0. The molecular formula is C29H39N2O3S+. The van der Waals surface area contributed by atoms with E-state index in [9.17, 15) is 4.79 Å². The van der Waals surface area contributed by atoms with Crippen LogP contribution in [0.15, 0.2) is 60.7 Å². The number of hydrogen-bond acceptors (Lipinski definition) is 5. The molecule has 2 aromatic carbocycles. The zero-order valence-electron chi connectivity index (χ0n) is 20.9. The fourth-order valence-corrected chi connectivity index (χ4v) is 7.13. The molecule has 188 valence electrons. The highest BCUT2D eigenvalue weighted by molar-refractivity contribution is 7.99. The van der Waals surface area contributed by atoms with Crippen molar-refractivity contribution in [3.05, 3.63) is 66.2 Å². The quantitative estimate of drug-likeness (QED) is 0.289. The predicted molar refractivity (Wildman–Crippen MR) is 142 cm³/mol. The SMILES string of the molecule is CC(C(=O)O[C@H]1C[N+]2(CCCOc3ccccc3)CCC1CC2)(c1ccccc1)N1CCSCC1. The molecule has 1 unspecified atom stereocenters. The van der Waals surface area contributed by atoms with Crippen LogP contribution in [0.3, 0.4) is 0 Å². The van der Waals surface area contributed by atoms with Gasteiger partial charge in [-0.1, -0.05) is 48.5 Å². The maximum absolute atomic E-state index is 13.9. The molecule has 0 radical (unpaired) electrons. The Kier molecular flexibility index (Phi) is 7.71. The number of quaternary nitrogens is 1. The van der Waals surface area contributed by atoms with E-state index in [-0.39, 0.29) is 12.1 Å². The molecule has 0 amide bonds. The van der Waals surface area contributed by atoms with Crippen molar-refractivity contribution in [1.82, 2.24) is 4.90 Å². The molecule has 35 heavy (non-hydrogen) atoms.